The van der Waals surface area contributed by atoms with Gasteiger partial charge in [-0.3, -0.25) is 0 Å². The van der Waals surface area contributed by atoms with Crippen LogP contribution in [0.25, 0.3) is 0 Å². The molecule has 2 N–H and O–H groups in total. The van der Waals surface area contributed by atoms with Crippen molar-refractivity contribution in [3.8, 4) is 0 Å². The molecule has 10 nitrogen and oxygen atoms in total. The molecular formula is C29H33N9O. The average molecular weight is 524 g/mol. The molecule has 0 aliphatic carbocycles. The molecule has 10 heteroatoms. The maximum atomic E-state index is 9.96. The third kappa shape index (κ3) is 6.23. The van der Waals surface area contributed by atoms with Gasteiger partial charge >= 0.3 is 0 Å². The van der Waals surface area contributed by atoms with Gasteiger partial charge in [0.05, 0.1) is 6.10 Å². The molecule has 1 atom stereocenters. The van der Waals surface area contributed by atoms with Gasteiger partial charge < -0.3 is 25.1 Å². The normalized spacial score (nSPS) is 17.8. The van der Waals surface area contributed by atoms with E-state index in [0.29, 0.717) is 18.4 Å². The second kappa shape index (κ2) is 11.6. The minimum absolute atomic E-state index is 0.250. The molecule has 4 heterocycles. The van der Waals surface area contributed by atoms with Gasteiger partial charge in [-0.15, -0.1) is 0 Å². The average Bonchev–Trinajstić information content (AvgIpc) is 2.99. The van der Waals surface area contributed by atoms with Gasteiger partial charge in [0.1, 0.15) is 6.33 Å². The van der Waals surface area contributed by atoms with Crippen molar-refractivity contribution < 1.29 is 5.11 Å². The van der Waals surface area contributed by atoms with E-state index in [0.717, 1.165) is 74.9 Å². The van der Waals surface area contributed by atoms with E-state index in [9.17, 15) is 5.11 Å². The SMILES string of the molecule is OC1CCCN(c2ccc(Nc3ncnc(N4CCN(c5ncc(Cc6ccccc6)cn5)CC4)n3)cc2)C1. The van der Waals surface area contributed by atoms with Crippen LogP contribution in [0.3, 0.4) is 0 Å². The molecule has 2 aliphatic heterocycles. The molecule has 2 fully saturated rings. The topological polar surface area (TPSA) is 106 Å². The Hall–Kier alpha value is -4.31. The summed E-state index contributed by atoms with van der Waals surface area (Å²) in [6.45, 7) is 4.78. The zero-order chi connectivity index (χ0) is 26.4. The summed E-state index contributed by atoms with van der Waals surface area (Å²) in [5.41, 5.74) is 4.38. The fraction of sp³-hybridized carbons (Fsp3) is 0.345. The van der Waals surface area contributed by atoms with Gasteiger partial charge in [0, 0.05) is 69.5 Å². The highest BCUT2D eigenvalue weighted by atomic mass is 16.3. The van der Waals surface area contributed by atoms with Gasteiger partial charge in [-0.25, -0.2) is 19.9 Å². The number of aliphatic hydroxyl groups is 1. The third-order valence-corrected chi connectivity index (χ3v) is 7.23. The highest BCUT2D eigenvalue weighted by Crippen LogP contribution is 2.24. The quantitative estimate of drug-likeness (QED) is 0.375. The Balaban J connectivity index is 1.03. The standard InChI is InChI=1S/C29H33N9O/c39-26-7-4-12-38(20-26)25-10-8-24(9-11-25)34-27-32-21-33-29(35-27)37-15-13-36(14-16-37)28-30-18-23(19-31-28)17-22-5-2-1-3-6-22/h1-3,5-6,8-11,18-19,21,26,39H,4,7,12-17,20H2,(H,32,33,34,35). The summed E-state index contributed by atoms with van der Waals surface area (Å²) in [6, 6.07) is 18.5. The second-order valence-electron chi connectivity index (χ2n) is 10.1. The van der Waals surface area contributed by atoms with E-state index in [-0.39, 0.29) is 6.10 Å². The first-order valence-electron chi connectivity index (χ1n) is 13.5. The van der Waals surface area contributed by atoms with Crippen molar-refractivity contribution in [2.45, 2.75) is 25.4 Å². The second-order valence-corrected chi connectivity index (χ2v) is 10.1. The maximum Gasteiger partial charge on any atom is 0.231 e. The van der Waals surface area contributed by atoms with Crippen LogP contribution in [0.2, 0.25) is 0 Å². The number of piperidine rings is 1. The molecule has 0 saturated carbocycles. The van der Waals surface area contributed by atoms with E-state index in [1.165, 1.54) is 5.56 Å². The summed E-state index contributed by atoms with van der Waals surface area (Å²) in [4.78, 5) is 29.2. The van der Waals surface area contributed by atoms with Gasteiger partial charge in [-0.05, 0) is 48.2 Å². The van der Waals surface area contributed by atoms with E-state index in [1.807, 2.05) is 30.6 Å². The summed E-state index contributed by atoms with van der Waals surface area (Å²) in [7, 11) is 0. The van der Waals surface area contributed by atoms with Crippen molar-refractivity contribution in [1.29, 1.82) is 0 Å². The number of anilines is 5. The van der Waals surface area contributed by atoms with Crippen LogP contribution in [0.15, 0.2) is 73.3 Å². The number of rotatable bonds is 7. The minimum atomic E-state index is -0.250. The fourth-order valence-corrected chi connectivity index (χ4v) is 5.11. The van der Waals surface area contributed by atoms with Crippen LogP contribution >= 0.6 is 0 Å². The Morgan fingerprint density at radius 3 is 2.18 bits per heavy atom. The number of hydrogen-bond acceptors (Lipinski definition) is 10. The Morgan fingerprint density at radius 1 is 0.744 bits per heavy atom. The van der Waals surface area contributed by atoms with Gasteiger partial charge in [0.15, 0.2) is 0 Å². The molecule has 2 aromatic carbocycles. The summed E-state index contributed by atoms with van der Waals surface area (Å²) in [5.74, 6) is 1.93. The molecule has 2 saturated heterocycles. The maximum absolute atomic E-state index is 9.96. The number of hydrogen-bond donors (Lipinski definition) is 2. The first-order chi connectivity index (χ1) is 19.2. The van der Waals surface area contributed by atoms with Gasteiger partial charge in [0.2, 0.25) is 17.8 Å². The number of aromatic nitrogens is 5. The predicted octanol–water partition coefficient (Wildman–Crippen LogP) is 3.28. The smallest absolute Gasteiger partial charge is 0.231 e. The highest BCUT2D eigenvalue weighted by molar-refractivity contribution is 5.60. The Labute approximate surface area is 228 Å². The van der Waals surface area contributed by atoms with Crippen molar-refractivity contribution in [2.24, 2.45) is 0 Å². The van der Waals surface area contributed by atoms with Crippen molar-refractivity contribution in [3.05, 3.63) is 84.4 Å². The molecule has 200 valence electrons. The molecule has 1 unspecified atom stereocenters. The minimum Gasteiger partial charge on any atom is -0.391 e. The number of benzene rings is 2. The summed E-state index contributed by atoms with van der Waals surface area (Å²) in [5, 5.41) is 13.3. The number of β-amino-alcohol motifs (C(OH)–C–C–N with tert-alkyl or cyclic N) is 1. The van der Waals surface area contributed by atoms with Crippen molar-refractivity contribution >= 4 is 29.2 Å². The van der Waals surface area contributed by atoms with E-state index in [2.05, 4.69) is 81.3 Å². The van der Waals surface area contributed by atoms with E-state index < -0.39 is 0 Å². The molecular weight excluding hydrogens is 490 g/mol. The van der Waals surface area contributed by atoms with Crippen LogP contribution in [0.4, 0.5) is 29.2 Å². The van der Waals surface area contributed by atoms with Crippen LogP contribution in [0, 0.1) is 0 Å². The Kier molecular flexibility index (Phi) is 7.44. The van der Waals surface area contributed by atoms with Crippen molar-refractivity contribution in [2.75, 3.05) is 59.3 Å². The van der Waals surface area contributed by atoms with Crippen LogP contribution in [0.5, 0.6) is 0 Å². The van der Waals surface area contributed by atoms with Crippen molar-refractivity contribution in [1.82, 2.24) is 24.9 Å². The Bertz CT molecular complexity index is 1340. The monoisotopic (exact) mass is 523 g/mol. The van der Waals surface area contributed by atoms with Gasteiger partial charge in [-0.2, -0.15) is 4.98 Å². The lowest BCUT2D eigenvalue weighted by atomic mass is 10.1. The number of nitrogens with zero attached hydrogens (tertiary/aromatic N) is 8. The van der Waals surface area contributed by atoms with Crippen LogP contribution in [0.1, 0.15) is 24.0 Å². The molecule has 4 aromatic rings. The largest absolute Gasteiger partial charge is 0.391 e. The zero-order valence-corrected chi connectivity index (χ0v) is 21.9. The third-order valence-electron chi connectivity index (χ3n) is 7.23. The van der Waals surface area contributed by atoms with Crippen molar-refractivity contribution in [3.63, 3.8) is 0 Å². The lowest BCUT2D eigenvalue weighted by molar-refractivity contribution is 0.154. The number of aliphatic hydroxyl groups excluding tert-OH is 1. The molecule has 0 spiro atoms. The first kappa shape index (κ1) is 25.0. The molecule has 0 radical (unpaired) electrons. The number of piperazine rings is 1. The zero-order valence-electron chi connectivity index (χ0n) is 21.9. The summed E-state index contributed by atoms with van der Waals surface area (Å²) in [6.07, 6.45) is 7.87. The predicted molar refractivity (Wildman–Crippen MR) is 153 cm³/mol. The molecule has 0 bridgehead atoms. The molecule has 0 amide bonds. The van der Waals surface area contributed by atoms with Crippen LogP contribution in [-0.2, 0) is 6.42 Å². The van der Waals surface area contributed by atoms with Crippen LogP contribution in [-0.4, -0.2) is 75.4 Å². The molecule has 2 aromatic heterocycles. The summed E-state index contributed by atoms with van der Waals surface area (Å²) < 4.78 is 0. The highest BCUT2D eigenvalue weighted by Gasteiger charge is 2.22. The first-order valence-corrected chi connectivity index (χ1v) is 13.5. The van der Waals surface area contributed by atoms with E-state index in [1.54, 1.807) is 6.33 Å². The lowest BCUT2D eigenvalue weighted by Crippen LogP contribution is -2.47. The molecule has 2 aliphatic rings. The molecule has 6 rings (SSSR count). The van der Waals surface area contributed by atoms with E-state index >= 15 is 0 Å². The van der Waals surface area contributed by atoms with Crippen LogP contribution < -0.4 is 20.0 Å². The molecule has 39 heavy (non-hydrogen) atoms. The van der Waals surface area contributed by atoms with Gasteiger partial charge in [0.25, 0.3) is 0 Å². The van der Waals surface area contributed by atoms with E-state index in [4.69, 9.17) is 0 Å². The lowest BCUT2D eigenvalue weighted by Gasteiger charge is -2.34. The van der Waals surface area contributed by atoms with Gasteiger partial charge in [-0.1, -0.05) is 30.3 Å². The fourth-order valence-electron chi connectivity index (χ4n) is 5.11. The summed E-state index contributed by atoms with van der Waals surface area (Å²) >= 11 is 0. The Morgan fingerprint density at radius 2 is 1.46 bits per heavy atom. The number of nitrogens with one attached hydrogen (secondary N) is 1.